The van der Waals surface area contributed by atoms with Crippen LogP contribution in [0.5, 0.6) is 0 Å². The third-order valence-electron chi connectivity index (χ3n) is 2.71. The molecule has 2 aromatic carbocycles. The molecule has 0 N–H and O–H groups in total. The van der Waals surface area contributed by atoms with Gasteiger partial charge in [0.15, 0.2) is 0 Å². The zero-order chi connectivity index (χ0) is 10.8. The standard InChI is InChI=1S/C13H13BrSi/c1-9(14)13(15)12-8-4-6-10-5-2-3-7-11(10)12/h2-8H,1,15H3. The Labute approximate surface area is 102 Å². The monoisotopic (exact) mass is 276 g/mol. The minimum Gasteiger partial charge on any atom is -0.0616 e. The molecule has 2 aromatic rings. The van der Waals surface area contributed by atoms with Crippen LogP contribution in [0.3, 0.4) is 0 Å². The first-order valence-electron chi connectivity index (χ1n) is 5.01. The van der Waals surface area contributed by atoms with E-state index in [2.05, 4.69) is 65.3 Å². The summed E-state index contributed by atoms with van der Waals surface area (Å²) in [5.74, 6) is 0. The molecule has 0 saturated heterocycles. The van der Waals surface area contributed by atoms with E-state index in [9.17, 15) is 0 Å². The Bertz CT molecular complexity index is 520. The van der Waals surface area contributed by atoms with Gasteiger partial charge < -0.3 is 0 Å². The molecule has 0 spiro atoms. The second-order valence-electron chi connectivity index (χ2n) is 3.69. The van der Waals surface area contributed by atoms with Gasteiger partial charge in [0, 0.05) is 10.2 Å². The predicted molar refractivity (Wildman–Crippen MR) is 75.4 cm³/mol. The van der Waals surface area contributed by atoms with E-state index in [-0.39, 0.29) is 0 Å². The molecule has 0 bridgehead atoms. The zero-order valence-electron chi connectivity index (χ0n) is 8.92. The maximum atomic E-state index is 3.58. The van der Waals surface area contributed by atoms with Crippen molar-refractivity contribution in [1.82, 2.24) is 0 Å². The van der Waals surface area contributed by atoms with E-state index in [1.165, 1.54) is 26.0 Å². The number of benzene rings is 2. The topological polar surface area (TPSA) is 0 Å². The summed E-state index contributed by atoms with van der Waals surface area (Å²) >= 11 is 3.58. The van der Waals surface area contributed by atoms with E-state index in [0.717, 1.165) is 10.2 Å². The molecule has 0 saturated carbocycles. The Kier molecular flexibility index (Phi) is 3.07. The maximum Gasteiger partial charge on any atom is 0.0403 e. The summed E-state index contributed by atoms with van der Waals surface area (Å²) in [5.41, 5.74) is 1.37. The Hall–Kier alpha value is -0.863. The summed E-state index contributed by atoms with van der Waals surface area (Å²) in [4.78, 5) is 0. The highest BCUT2D eigenvalue weighted by Crippen LogP contribution is 2.26. The number of allylic oxidation sites excluding steroid dienone is 1. The Morgan fingerprint density at radius 1 is 1.07 bits per heavy atom. The van der Waals surface area contributed by atoms with Crippen LogP contribution in [-0.2, 0) is 0 Å². The van der Waals surface area contributed by atoms with Crippen molar-refractivity contribution < 1.29 is 0 Å². The van der Waals surface area contributed by atoms with E-state index in [1.807, 2.05) is 0 Å². The molecule has 0 unspecified atom stereocenters. The molecule has 0 amide bonds. The Morgan fingerprint density at radius 3 is 2.47 bits per heavy atom. The van der Waals surface area contributed by atoms with Crippen molar-refractivity contribution in [2.45, 2.75) is 6.92 Å². The molecule has 0 aliphatic carbocycles. The molecule has 15 heavy (non-hydrogen) atoms. The number of hydrogen-bond acceptors (Lipinski definition) is 0. The second kappa shape index (κ2) is 4.33. The van der Waals surface area contributed by atoms with Crippen molar-refractivity contribution >= 4 is 42.1 Å². The molecule has 0 aliphatic heterocycles. The first-order valence-corrected chi connectivity index (χ1v) is 6.80. The van der Waals surface area contributed by atoms with Gasteiger partial charge in [-0.3, -0.25) is 0 Å². The van der Waals surface area contributed by atoms with E-state index in [1.54, 1.807) is 0 Å². The Morgan fingerprint density at radius 2 is 1.73 bits per heavy atom. The average molecular weight is 277 g/mol. The Balaban J connectivity index is 2.77. The minimum atomic E-state index is 1.06. The van der Waals surface area contributed by atoms with Crippen LogP contribution in [0.1, 0.15) is 12.5 Å². The molecule has 2 heteroatoms. The highest BCUT2D eigenvalue weighted by Gasteiger charge is 2.02. The molecule has 0 aromatic heterocycles. The van der Waals surface area contributed by atoms with Crippen LogP contribution in [-0.4, -0.2) is 10.2 Å². The van der Waals surface area contributed by atoms with Gasteiger partial charge in [-0.25, -0.2) is 0 Å². The normalized spacial score (nSPS) is 12.9. The van der Waals surface area contributed by atoms with Crippen LogP contribution < -0.4 is 0 Å². The van der Waals surface area contributed by atoms with Crippen LogP contribution >= 0.6 is 15.9 Å². The van der Waals surface area contributed by atoms with Crippen LogP contribution in [0.15, 0.2) is 46.9 Å². The van der Waals surface area contributed by atoms with Gasteiger partial charge in [-0.15, -0.1) is 0 Å². The van der Waals surface area contributed by atoms with E-state index >= 15 is 0 Å². The summed E-state index contributed by atoms with van der Waals surface area (Å²) in [5, 5.41) is 4.10. The van der Waals surface area contributed by atoms with Gasteiger partial charge in [0.25, 0.3) is 0 Å². The summed E-state index contributed by atoms with van der Waals surface area (Å²) in [6.07, 6.45) is 0. The lowest BCUT2D eigenvalue weighted by Gasteiger charge is -2.07. The van der Waals surface area contributed by atoms with Gasteiger partial charge in [0.1, 0.15) is 0 Å². The molecular formula is C13H13BrSi. The second-order valence-corrected chi connectivity index (χ2v) is 5.87. The van der Waals surface area contributed by atoms with Gasteiger partial charge in [0.2, 0.25) is 0 Å². The van der Waals surface area contributed by atoms with Gasteiger partial charge in [-0.2, -0.15) is 0 Å². The molecule has 76 valence electrons. The third-order valence-corrected chi connectivity index (χ3v) is 5.33. The highest BCUT2D eigenvalue weighted by atomic mass is 79.9. The van der Waals surface area contributed by atoms with E-state index in [0.29, 0.717) is 0 Å². The fourth-order valence-electron chi connectivity index (χ4n) is 1.74. The minimum absolute atomic E-state index is 1.06. The van der Waals surface area contributed by atoms with Crippen LogP contribution in [0.4, 0.5) is 0 Å². The lowest BCUT2D eigenvalue weighted by atomic mass is 10.0. The SMILES string of the molecule is CC(Br)=C([SiH3])c1cccc2ccccc12. The largest absolute Gasteiger partial charge is 0.0616 e. The van der Waals surface area contributed by atoms with Crippen molar-refractivity contribution in [2.75, 3.05) is 0 Å². The first kappa shape index (κ1) is 10.6. The molecule has 0 nitrogen and oxygen atoms in total. The molecule has 0 heterocycles. The van der Waals surface area contributed by atoms with Crippen molar-refractivity contribution in [3.05, 3.63) is 52.5 Å². The van der Waals surface area contributed by atoms with Crippen molar-refractivity contribution in [2.24, 2.45) is 0 Å². The molecule has 0 radical (unpaired) electrons. The molecule has 2 rings (SSSR count). The van der Waals surface area contributed by atoms with Gasteiger partial charge in [0.05, 0.1) is 0 Å². The number of fused-ring (bicyclic) bond motifs is 1. The molecule has 0 fully saturated rings. The highest BCUT2D eigenvalue weighted by molar-refractivity contribution is 9.11. The molecule has 0 aliphatic rings. The summed E-state index contributed by atoms with van der Waals surface area (Å²) in [7, 11) is 1.06. The number of rotatable bonds is 1. The van der Waals surface area contributed by atoms with Crippen molar-refractivity contribution in [3.63, 3.8) is 0 Å². The fraction of sp³-hybridized carbons (Fsp3) is 0.0769. The predicted octanol–water partition coefficient (Wildman–Crippen LogP) is 3.29. The number of hydrogen-bond donors (Lipinski definition) is 0. The van der Waals surface area contributed by atoms with Crippen LogP contribution in [0, 0.1) is 0 Å². The molecular weight excluding hydrogens is 264 g/mol. The molecule has 0 atom stereocenters. The van der Waals surface area contributed by atoms with Crippen LogP contribution in [0.2, 0.25) is 0 Å². The number of halogens is 1. The van der Waals surface area contributed by atoms with Gasteiger partial charge in [-0.1, -0.05) is 63.6 Å². The van der Waals surface area contributed by atoms with Gasteiger partial charge >= 0.3 is 0 Å². The first-order chi connectivity index (χ1) is 7.20. The quantitative estimate of drug-likeness (QED) is 0.702. The lowest BCUT2D eigenvalue weighted by Crippen LogP contribution is -1.87. The maximum absolute atomic E-state index is 3.58. The van der Waals surface area contributed by atoms with E-state index in [4.69, 9.17) is 0 Å². The van der Waals surface area contributed by atoms with Gasteiger partial charge in [-0.05, 0) is 27.7 Å². The summed E-state index contributed by atoms with van der Waals surface area (Å²) < 4.78 is 1.26. The average Bonchev–Trinajstić information content (AvgIpc) is 2.27. The fourth-order valence-corrected chi connectivity index (χ4v) is 2.39. The zero-order valence-corrected chi connectivity index (χ0v) is 12.5. The van der Waals surface area contributed by atoms with E-state index < -0.39 is 0 Å². The third kappa shape index (κ3) is 2.06. The van der Waals surface area contributed by atoms with Crippen molar-refractivity contribution in [3.8, 4) is 0 Å². The summed E-state index contributed by atoms with van der Waals surface area (Å²) in [6.45, 7) is 2.12. The van der Waals surface area contributed by atoms with Crippen LogP contribution in [0.25, 0.3) is 16.0 Å². The summed E-state index contributed by atoms with van der Waals surface area (Å²) in [6, 6.07) is 15.0. The lowest BCUT2D eigenvalue weighted by molar-refractivity contribution is 1.66. The smallest absolute Gasteiger partial charge is 0.0403 e. The van der Waals surface area contributed by atoms with Crippen molar-refractivity contribution in [1.29, 1.82) is 0 Å².